The van der Waals surface area contributed by atoms with Crippen molar-refractivity contribution < 1.29 is 19.4 Å². The number of hydrogen-bond acceptors (Lipinski definition) is 6. The van der Waals surface area contributed by atoms with Gasteiger partial charge in [-0.15, -0.1) is 0 Å². The van der Waals surface area contributed by atoms with Crippen molar-refractivity contribution >= 4 is 28.9 Å². The van der Waals surface area contributed by atoms with Crippen LogP contribution in [0.2, 0.25) is 0 Å². The number of nitrogens with one attached hydrogen (secondary N) is 1. The van der Waals surface area contributed by atoms with Gasteiger partial charge in [-0.2, -0.15) is 0 Å². The first-order valence-corrected chi connectivity index (χ1v) is 6.99. The number of nitrogens with zero attached hydrogens (tertiary/aromatic N) is 4. The van der Waals surface area contributed by atoms with Gasteiger partial charge in [0, 0.05) is 0 Å². The van der Waals surface area contributed by atoms with Gasteiger partial charge in [0.15, 0.2) is 18.1 Å². The zero-order valence-electron chi connectivity index (χ0n) is 12.4. The molecule has 0 fully saturated rings. The number of para-hydroxylation sites is 1. The van der Waals surface area contributed by atoms with Gasteiger partial charge in [-0.3, -0.25) is 9.59 Å². The van der Waals surface area contributed by atoms with Gasteiger partial charge >= 0.3 is 5.97 Å². The lowest BCUT2D eigenvalue weighted by molar-refractivity contribution is -0.137. The Kier molecular flexibility index (Phi) is 4.32. The lowest BCUT2D eigenvalue weighted by Gasteiger charge is -2.08. The molecule has 0 spiro atoms. The number of anilines is 1. The van der Waals surface area contributed by atoms with Crippen molar-refractivity contribution in [2.75, 3.05) is 11.9 Å². The smallest absolute Gasteiger partial charge is 0.323 e. The summed E-state index contributed by atoms with van der Waals surface area (Å²) in [6, 6.07) is 8.90. The highest BCUT2D eigenvalue weighted by Gasteiger charge is 2.15. The van der Waals surface area contributed by atoms with Crippen LogP contribution in [0.15, 0.2) is 43.0 Å². The fourth-order valence-electron chi connectivity index (χ4n) is 2.10. The number of carboxylic acids is 1. The van der Waals surface area contributed by atoms with Gasteiger partial charge in [-0.25, -0.2) is 15.0 Å². The van der Waals surface area contributed by atoms with Crippen LogP contribution in [0.3, 0.4) is 0 Å². The van der Waals surface area contributed by atoms with Crippen molar-refractivity contribution in [3.05, 3.63) is 43.0 Å². The molecule has 122 valence electrons. The van der Waals surface area contributed by atoms with Crippen LogP contribution in [0.25, 0.3) is 11.2 Å². The molecule has 0 aliphatic heterocycles. The van der Waals surface area contributed by atoms with E-state index in [0.717, 1.165) is 0 Å². The number of aromatic nitrogens is 4. The second kappa shape index (κ2) is 6.73. The maximum atomic E-state index is 12.0. The summed E-state index contributed by atoms with van der Waals surface area (Å²) in [5.74, 6) is -0.721. The maximum Gasteiger partial charge on any atom is 0.323 e. The van der Waals surface area contributed by atoms with Crippen LogP contribution in [-0.4, -0.2) is 43.1 Å². The number of imidazole rings is 1. The molecule has 0 saturated carbocycles. The third kappa shape index (κ3) is 3.46. The van der Waals surface area contributed by atoms with Crippen LogP contribution < -0.4 is 10.1 Å². The second-order valence-corrected chi connectivity index (χ2v) is 4.81. The number of ether oxygens (including phenoxy) is 1. The summed E-state index contributed by atoms with van der Waals surface area (Å²) >= 11 is 0. The van der Waals surface area contributed by atoms with E-state index < -0.39 is 11.9 Å². The van der Waals surface area contributed by atoms with Crippen molar-refractivity contribution in [1.29, 1.82) is 0 Å². The van der Waals surface area contributed by atoms with E-state index in [4.69, 9.17) is 9.84 Å². The van der Waals surface area contributed by atoms with E-state index in [2.05, 4.69) is 20.3 Å². The Morgan fingerprint density at radius 3 is 2.71 bits per heavy atom. The minimum atomic E-state index is -1.04. The van der Waals surface area contributed by atoms with Crippen LogP contribution in [-0.2, 0) is 16.1 Å². The van der Waals surface area contributed by atoms with Gasteiger partial charge in [0.25, 0.3) is 5.91 Å². The number of hydrogen-bond donors (Lipinski definition) is 2. The molecule has 1 aromatic carbocycles. The molecule has 0 radical (unpaired) electrons. The number of aliphatic carboxylic acids is 1. The molecule has 2 heterocycles. The fraction of sp³-hybridized carbons (Fsp3) is 0.133. The molecule has 3 rings (SSSR count). The molecule has 0 aliphatic carbocycles. The summed E-state index contributed by atoms with van der Waals surface area (Å²) in [4.78, 5) is 34.9. The predicted octanol–water partition coefficient (Wildman–Crippen LogP) is 0.928. The van der Waals surface area contributed by atoms with Crippen LogP contribution in [0.5, 0.6) is 5.75 Å². The third-order valence-corrected chi connectivity index (χ3v) is 3.09. The summed E-state index contributed by atoms with van der Waals surface area (Å²) in [5.41, 5.74) is 0.637. The van der Waals surface area contributed by atoms with E-state index in [-0.39, 0.29) is 19.0 Å². The highest BCUT2D eigenvalue weighted by Crippen LogP contribution is 2.18. The fourth-order valence-corrected chi connectivity index (χ4v) is 2.10. The quantitative estimate of drug-likeness (QED) is 0.691. The minimum Gasteiger partial charge on any atom is -0.484 e. The molecule has 0 atom stereocenters. The summed E-state index contributed by atoms with van der Waals surface area (Å²) in [7, 11) is 0. The van der Waals surface area contributed by atoms with E-state index in [9.17, 15) is 9.59 Å². The van der Waals surface area contributed by atoms with Gasteiger partial charge in [0.2, 0.25) is 0 Å². The van der Waals surface area contributed by atoms with Crippen LogP contribution in [0, 0.1) is 0 Å². The number of carboxylic acid groups (broad SMARTS) is 1. The molecule has 1 amide bonds. The Balaban J connectivity index is 1.75. The Hall–Kier alpha value is -3.49. The molecule has 3 aromatic rings. The largest absolute Gasteiger partial charge is 0.484 e. The molecule has 0 bridgehead atoms. The average Bonchev–Trinajstić information content (AvgIpc) is 2.97. The molecule has 0 unspecified atom stereocenters. The molecule has 0 saturated heterocycles. The Morgan fingerprint density at radius 1 is 1.17 bits per heavy atom. The summed E-state index contributed by atoms with van der Waals surface area (Å²) in [5, 5.41) is 11.5. The number of carbonyl (C=O) groups excluding carboxylic acids is 1. The lowest BCUT2D eigenvalue weighted by atomic mass is 10.3. The normalized spacial score (nSPS) is 10.5. The van der Waals surface area contributed by atoms with Crippen molar-refractivity contribution in [3.8, 4) is 5.75 Å². The van der Waals surface area contributed by atoms with Crippen molar-refractivity contribution in [2.24, 2.45) is 0 Å². The van der Waals surface area contributed by atoms with Crippen molar-refractivity contribution in [2.45, 2.75) is 6.54 Å². The molecule has 9 heteroatoms. The Morgan fingerprint density at radius 2 is 1.96 bits per heavy atom. The summed E-state index contributed by atoms with van der Waals surface area (Å²) in [6.45, 7) is -0.518. The maximum absolute atomic E-state index is 12.0. The number of rotatable bonds is 6. The number of carbonyl (C=O) groups is 2. The van der Waals surface area contributed by atoms with Gasteiger partial charge in [-0.05, 0) is 12.1 Å². The number of benzene rings is 1. The molecule has 0 aliphatic rings. The first-order valence-electron chi connectivity index (χ1n) is 6.99. The summed E-state index contributed by atoms with van der Waals surface area (Å²) < 4.78 is 6.71. The minimum absolute atomic E-state index is 0.181. The summed E-state index contributed by atoms with van der Waals surface area (Å²) in [6.07, 6.45) is 2.58. The Labute approximate surface area is 135 Å². The SMILES string of the molecule is O=C(O)Cn1cnc2ncnc(NC(=O)COc3ccccc3)c21. The van der Waals surface area contributed by atoms with Gasteiger partial charge in [-0.1, -0.05) is 18.2 Å². The monoisotopic (exact) mass is 327 g/mol. The highest BCUT2D eigenvalue weighted by molar-refractivity contribution is 5.97. The van der Waals surface area contributed by atoms with Crippen molar-refractivity contribution in [1.82, 2.24) is 19.5 Å². The molecule has 2 N–H and O–H groups in total. The molecule has 2 aromatic heterocycles. The molecule has 9 nitrogen and oxygen atoms in total. The van der Waals surface area contributed by atoms with Crippen LogP contribution in [0.4, 0.5) is 5.82 Å². The standard InChI is InChI=1S/C15H13N5O4/c21-11(7-24-10-4-2-1-3-5-10)19-15-13-14(16-8-17-15)18-9-20(13)6-12(22)23/h1-5,8-9H,6-7H2,(H,22,23)(H,16,17,19,21). The average molecular weight is 327 g/mol. The van der Waals surface area contributed by atoms with E-state index in [1.54, 1.807) is 24.3 Å². The van der Waals surface area contributed by atoms with E-state index in [1.807, 2.05) is 6.07 Å². The highest BCUT2D eigenvalue weighted by atomic mass is 16.5. The van der Waals surface area contributed by atoms with E-state index in [0.29, 0.717) is 16.9 Å². The first kappa shape index (κ1) is 15.4. The van der Waals surface area contributed by atoms with Crippen LogP contribution in [0.1, 0.15) is 0 Å². The molecule has 24 heavy (non-hydrogen) atoms. The number of amides is 1. The first-order chi connectivity index (χ1) is 11.6. The zero-order valence-corrected chi connectivity index (χ0v) is 12.4. The van der Waals surface area contributed by atoms with E-state index >= 15 is 0 Å². The van der Waals surface area contributed by atoms with E-state index in [1.165, 1.54) is 17.2 Å². The van der Waals surface area contributed by atoms with Gasteiger partial charge in [0.1, 0.15) is 24.1 Å². The lowest BCUT2D eigenvalue weighted by Crippen LogP contribution is -2.21. The second-order valence-electron chi connectivity index (χ2n) is 4.81. The molecular formula is C15H13N5O4. The molecular weight excluding hydrogens is 314 g/mol. The Bertz CT molecular complexity index is 878. The number of fused-ring (bicyclic) bond motifs is 1. The van der Waals surface area contributed by atoms with Gasteiger partial charge in [0.05, 0.1) is 6.33 Å². The predicted molar refractivity (Wildman–Crippen MR) is 83.5 cm³/mol. The van der Waals surface area contributed by atoms with Crippen molar-refractivity contribution in [3.63, 3.8) is 0 Å². The van der Waals surface area contributed by atoms with Crippen LogP contribution >= 0.6 is 0 Å². The zero-order chi connectivity index (χ0) is 16.9. The third-order valence-electron chi connectivity index (χ3n) is 3.09. The van der Waals surface area contributed by atoms with Gasteiger partial charge < -0.3 is 19.7 Å². The topological polar surface area (TPSA) is 119 Å².